The Morgan fingerprint density at radius 3 is 2.63 bits per heavy atom. The Morgan fingerprint density at radius 2 is 2.00 bits per heavy atom. The highest BCUT2D eigenvalue weighted by molar-refractivity contribution is 5.30. The first-order chi connectivity index (χ1) is 9.02. The molecule has 0 amide bonds. The molecule has 3 nitrogen and oxygen atoms in total. The van der Waals surface area contributed by atoms with Crippen molar-refractivity contribution in [3.63, 3.8) is 0 Å². The first-order valence-corrected chi connectivity index (χ1v) is 7.81. The van der Waals surface area contributed by atoms with Gasteiger partial charge < -0.3 is 9.88 Å². The van der Waals surface area contributed by atoms with Crippen LogP contribution < -0.4 is 5.32 Å². The Balaban J connectivity index is 2.07. The van der Waals surface area contributed by atoms with Gasteiger partial charge in [0.1, 0.15) is 0 Å². The van der Waals surface area contributed by atoms with Gasteiger partial charge in [-0.1, -0.05) is 40.0 Å². The molecule has 19 heavy (non-hydrogen) atoms. The quantitative estimate of drug-likeness (QED) is 0.845. The lowest BCUT2D eigenvalue weighted by Crippen LogP contribution is -2.24. The van der Waals surface area contributed by atoms with Gasteiger partial charge >= 0.3 is 0 Å². The summed E-state index contributed by atoms with van der Waals surface area (Å²) < 4.78 is 2.39. The zero-order valence-electron chi connectivity index (χ0n) is 13.0. The van der Waals surface area contributed by atoms with Gasteiger partial charge in [-0.3, -0.25) is 0 Å². The molecule has 1 aliphatic carbocycles. The van der Waals surface area contributed by atoms with Crippen molar-refractivity contribution in [3.8, 4) is 0 Å². The van der Waals surface area contributed by atoms with Gasteiger partial charge in [0.05, 0.1) is 5.69 Å². The van der Waals surface area contributed by atoms with Crippen LogP contribution in [0.15, 0.2) is 6.20 Å². The molecule has 2 rings (SSSR count). The van der Waals surface area contributed by atoms with Crippen molar-refractivity contribution in [2.75, 3.05) is 11.9 Å². The molecule has 108 valence electrons. The molecule has 1 N–H and O–H groups in total. The molecule has 0 atom stereocenters. The minimum atomic E-state index is 0.331. The second kappa shape index (κ2) is 5.98. The molecule has 0 aliphatic heterocycles. The normalized spacial score (nSPS) is 17.7. The summed E-state index contributed by atoms with van der Waals surface area (Å²) in [6.45, 7) is 9.95. The zero-order chi connectivity index (χ0) is 13.9. The Morgan fingerprint density at radius 1 is 1.32 bits per heavy atom. The van der Waals surface area contributed by atoms with E-state index in [9.17, 15) is 0 Å². The van der Waals surface area contributed by atoms with E-state index in [1.165, 1.54) is 38.5 Å². The molecular weight excluding hydrogens is 234 g/mol. The van der Waals surface area contributed by atoms with Crippen LogP contribution in [0.4, 0.5) is 5.95 Å². The molecule has 0 saturated heterocycles. The topological polar surface area (TPSA) is 29.9 Å². The maximum atomic E-state index is 4.68. The highest BCUT2D eigenvalue weighted by Gasteiger charge is 2.20. The predicted octanol–water partition coefficient (Wildman–Crippen LogP) is 4.54. The summed E-state index contributed by atoms with van der Waals surface area (Å²) in [6, 6.07) is 0.655. The lowest BCUT2D eigenvalue weighted by Gasteiger charge is -2.27. The third-order valence-corrected chi connectivity index (χ3v) is 4.50. The second-order valence-electron chi connectivity index (χ2n) is 6.78. The fourth-order valence-electron chi connectivity index (χ4n) is 2.73. The van der Waals surface area contributed by atoms with Crippen molar-refractivity contribution in [3.05, 3.63) is 11.9 Å². The molecule has 0 radical (unpaired) electrons. The van der Waals surface area contributed by atoms with Gasteiger partial charge in [0.2, 0.25) is 5.95 Å². The average molecular weight is 263 g/mol. The Bertz CT molecular complexity index is 400. The highest BCUT2D eigenvalue weighted by Crippen LogP contribution is 2.31. The standard InChI is InChI=1S/C16H29N3/c1-5-16(3,4)12-17-15-18-13(2)11-19(15)14-9-7-6-8-10-14/h11,14H,5-10,12H2,1-4H3,(H,17,18). The van der Waals surface area contributed by atoms with E-state index in [4.69, 9.17) is 0 Å². The van der Waals surface area contributed by atoms with Gasteiger partial charge in [0, 0.05) is 18.8 Å². The third kappa shape index (κ3) is 3.74. The largest absolute Gasteiger partial charge is 0.355 e. The summed E-state index contributed by atoms with van der Waals surface area (Å²) in [6.07, 6.45) is 10.1. The third-order valence-electron chi connectivity index (χ3n) is 4.50. The Labute approximate surface area is 117 Å². The molecule has 1 aromatic heterocycles. The van der Waals surface area contributed by atoms with E-state index in [1.54, 1.807) is 0 Å². The van der Waals surface area contributed by atoms with Gasteiger partial charge in [0.25, 0.3) is 0 Å². The number of hydrogen-bond donors (Lipinski definition) is 1. The van der Waals surface area contributed by atoms with E-state index >= 15 is 0 Å². The maximum Gasteiger partial charge on any atom is 0.203 e. The monoisotopic (exact) mass is 263 g/mol. The number of nitrogens with one attached hydrogen (secondary N) is 1. The van der Waals surface area contributed by atoms with Crippen molar-refractivity contribution in [2.24, 2.45) is 5.41 Å². The van der Waals surface area contributed by atoms with Crippen molar-refractivity contribution in [1.82, 2.24) is 9.55 Å². The van der Waals surface area contributed by atoms with E-state index in [2.05, 4.69) is 48.8 Å². The van der Waals surface area contributed by atoms with Crippen molar-refractivity contribution in [2.45, 2.75) is 72.3 Å². The van der Waals surface area contributed by atoms with Crippen LogP contribution in [0.1, 0.15) is 71.0 Å². The molecule has 1 aliphatic rings. The number of imidazole rings is 1. The number of nitrogens with zero attached hydrogens (tertiary/aromatic N) is 2. The van der Waals surface area contributed by atoms with Gasteiger partial charge in [-0.25, -0.2) is 4.98 Å². The van der Waals surface area contributed by atoms with Gasteiger partial charge in [-0.2, -0.15) is 0 Å². The minimum Gasteiger partial charge on any atom is -0.355 e. The van der Waals surface area contributed by atoms with E-state index in [0.717, 1.165) is 18.2 Å². The highest BCUT2D eigenvalue weighted by atomic mass is 15.2. The molecule has 0 bridgehead atoms. The molecule has 1 saturated carbocycles. The SMILES string of the molecule is CCC(C)(C)CNc1nc(C)cn1C1CCCCC1. The summed E-state index contributed by atoms with van der Waals surface area (Å²) in [5.41, 5.74) is 1.46. The maximum absolute atomic E-state index is 4.68. The molecule has 1 aromatic rings. The molecule has 1 fully saturated rings. The molecule has 0 spiro atoms. The smallest absolute Gasteiger partial charge is 0.203 e. The number of hydrogen-bond acceptors (Lipinski definition) is 2. The first-order valence-electron chi connectivity index (χ1n) is 7.81. The molecule has 1 heterocycles. The van der Waals surface area contributed by atoms with Crippen LogP contribution >= 0.6 is 0 Å². The van der Waals surface area contributed by atoms with E-state index in [-0.39, 0.29) is 0 Å². The van der Waals surface area contributed by atoms with Crippen molar-refractivity contribution >= 4 is 5.95 Å². The first kappa shape index (κ1) is 14.4. The van der Waals surface area contributed by atoms with Crippen LogP contribution in [0.5, 0.6) is 0 Å². The summed E-state index contributed by atoms with van der Waals surface area (Å²) in [4.78, 5) is 4.68. The molecular formula is C16H29N3. The van der Waals surface area contributed by atoms with Crippen LogP contribution in [0.2, 0.25) is 0 Å². The van der Waals surface area contributed by atoms with Gasteiger partial charge in [0.15, 0.2) is 0 Å². The summed E-state index contributed by atoms with van der Waals surface area (Å²) >= 11 is 0. The number of anilines is 1. The molecule has 3 heteroatoms. The number of aryl methyl sites for hydroxylation is 1. The number of rotatable bonds is 5. The van der Waals surface area contributed by atoms with Gasteiger partial charge in [-0.15, -0.1) is 0 Å². The predicted molar refractivity (Wildman–Crippen MR) is 81.6 cm³/mol. The number of aromatic nitrogens is 2. The van der Waals surface area contributed by atoms with Gasteiger partial charge in [-0.05, 0) is 31.6 Å². The molecule has 0 aromatic carbocycles. The van der Waals surface area contributed by atoms with E-state index in [0.29, 0.717) is 11.5 Å². The fourth-order valence-corrected chi connectivity index (χ4v) is 2.73. The van der Waals surface area contributed by atoms with Crippen molar-refractivity contribution in [1.29, 1.82) is 0 Å². The lowest BCUT2D eigenvalue weighted by molar-refractivity contribution is 0.350. The Kier molecular flexibility index (Phi) is 4.54. The molecule has 0 unspecified atom stereocenters. The van der Waals surface area contributed by atoms with Crippen molar-refractivity contribution < 1.29 is 0 Å². The average Bonchev–Trinajstić information content (AvgIpc) is 2.79. The van der Waals surface area contributed by atoms with Crippen LogP contribution in [-0.2, 0) is 0 Å². The van der Waals surface area contributed by atoms with Crippen LogP contribution in [0, 0.1) is 12.3 Å². The second-order valence-corrected chi connectivity index (χ2v) is 6.78. The van der Waals surface area contributed by atoms with E-state index < -0.39 is 0 Å². The van der Waals surface area contributed by atoms with Crippen LogP contribution in [0.3, 0.4) is 0 Å². The summed E-state index contributed by atoms with van der Waals surface area (Å²) in [5.74, 6) is 1.07. The van der Waals surface area contributed by atoms with E-state index in [1.807, 2.05) is 0 Å². The fraction of sp³-hybridized carbons (Fsp3) is 0.812. The van der Waals surface area contributed by atoms with Crippen LogP contribution in [-0.4, -0.2) is 16.1 Å². The summed E-state index contributed by atoms with van der Waals surface area (Å²) in [5, 5.41) is 3.57. The zero-order valence-corrected chi connectivity index (χ0v) is 13.0. The minimum absolute atomic E-state index is 0.331. The van der Waals surface area contributed by atoms with Crippen LogP contribution in [0.25, 0.3) is 0 Å². The Hall–Kier alpha value is -0.990. The lowest BCUT2D eigenvalue weighted by atomic mass is 9.90. The summed E-state index contributed by atoms with van der Waals surface area (Å²) in [7, 11) is 0.